The number of nitrogens with zero attached hydrogens (tertiary/aromatic N) is 2. The molecule has 2 aromatic rings. The molecule has 1 fully saturated rings. The molecule has 7 heteroatoms. The molecular formula is C20H15Cl2FN2O2. The fourth-order valence-electron chi connectivity index (χ4n) is 3.50. The molecule has 0 saturated carbocycles. The van der Waals surface area contributed by atoms with E-state index >= 15 is 0 Å². The van der Waals surface area contributed by atoms with E-state index in [0.717, 1.165) is 17.7 Å². The molecule has 2 aromatic carbocycles. The highest BCUT2D eigenvalue weighted by Crippen LogP contribution is 2.39. The summed E-state index contributed by atoms with van der Waals surface area (Å²) >= 11 is 12.3. The molecule has 138 valence electrons. The Balaban J connectivity index is 1.86. The van der Waals surface area contributed by atoms with Crippen LogP contribution in [0.5, 0.6) is 0 Å². The second-order valence-electron chi connectivity index (χ2n) is 6.47. The second-order valence-corrected chi connectivity index (χ2v) is 7.31. The maximum Gasteiger partial charge on any atom is 0.282 e. The number of imide groups is 1. The Hall–Kier alpha value is -2.37. The van der Waals surface area contributed by atoms with Crippen molar-refractivity contribution in [2.75, 3.05) is 18.0 Å². The molecule has 0 radical (unpaired) electrons. The van der Waals surface area contributed by atoms with Crippen molar-refractivity contribution in [3.63, 3.8) is 0 Å². The van der Waals surface area contributed by atoms with Gasteiger partial charge in [0.05, 0.1) is 16.3 Å². The molecule has 0 atom stereocenters. The standard InChI is InChI=1S/C20H15Cl2FN2O2/c21-13-5-8-15(22)16(11-13)25-19(26)17(12-3-6-14(23)7-4-12)18(20(25)27)24-9-1-2-10-24/h3-8,11H,1-2,9-10H2. The zero-order chi connectivity index (χ0) is 19.1. The predicted octanol–water partition coefficient (Wildman–Crippen LogP) is 4.51. The highest BCUT2D eigenvalue weighted by molar-refractivity contribution is 6.47. The first-order valence-electron chi connectivity index (χ1n) is 8.56. The second kappa shape index (κ2) is 6.98. The van der Waals surface area contributed by atoms with Gasteiger partial charge < -0.3 is 4.90 Å². The van der Waals surface area contributed by atoms with Crippen molar-refractivity contribution in [1.29, 1.82) is 0 Å². The van der Waals surface area contributed by atoms with Gasteiger partial charge in [0.1, 0.15) is 11.5 Å². The molecule has 2 aliphatic heterocycles. The van der Waals surface area contributed by atoms with Crippen molar-refractivity contribution in [2.24, 2.45) is 0 Å². The molecule has 4 nitrogen and oxygen atoms in total. The van der Waals surface area contributed by atoms with Gasteiger partial charge in [-0.25, -0.2) is 9.29 Å². The van der Waals surface area contributed by atoms with Gasteiger partial charge in [-0.1, -0.05) is 35.3 Å². The van der Waals surface area contributed by atoms with Gasteiger partial charge in [0.15, 0.2) is 0 Å². The molecule has 0 spiro atoms. The summed E-state index contributed by atoms with van der Waals surface area (Å²) in [5.41, 5.74) is 1.34. The molecule has 2 amide bonds. The highest BCUT2D eigenvalue weighted by Gasteiger charge is 2.43. The van der Waals surface area contributed by atoms with Crippen LogP contribution in [-0.4, -0.2) is 29.8 Å². The Morgan fingerprint density at radius 3 is 2.22 bits per heavy atom. The Kier molecular flexibility index (Phi) is 4.66. The molecule has 1 saturated heterocycles. The van der Waals surface area contributed by atoms with Gasteiger partial charge in [0.2, 0.25) is 0 Å². The summed E-state index contributed by atoms with van der Waals surface area (Å²) in [5, 5.41) is 0.621. The highest BCUT2D eigenvalue weighted by atomic mass is 35.5. The minimum Gasteiger partial charge on any atom is -0.366 e. The molecule has 4 rings (SSSR count). The van der Waals surface area contributed by atoms with Crippen LogP contribution in [0.25, 0.3) is 5.57 Å². The normalized spacial score (nSPS) is 17.4. The minimum atomic E-state index is -0.488. The molecule has 0 unspecified atom stereocenters. The van der Waals surface area contributed by atoms with Crippen molar-refractivity contribution in [3.05, 3.63) is 69.6 Å². The maximum atomic E-state index is 13.4. The number of hydrogen-bond donors (Lipinski definition) is 0. The number of anilines is 1. The number of likely N-dealkylation sites (tertiary alicyclic amines) is 1. The van der Waals surface area contributed by atoms with E-state index < -0.39 is 17.6 Å². The molecule has 27 heavy (non-hydrogen) atoms. The van der Waals surface area contributed by atoms with E-state index in [0.29, 0.717) is 29.4 Å². The number of benzene rings is 2. The molecule has 0 aromatic heterocycles. The van der Waals surface area contributed by atoms with E-state index in [9.17, 15) is 14.0 Å². The fourth-order valence-corrected chi connectivity index (χ4v) is 3.87. The van der Waals surface area contributed by atoms with E-state index in [-0.39, 0.29) is 16.3 Å². The van der Waals surface area contributed by atoms with E-state index in [1.54, 1.807) is 12.1 Å². The Morgan fingerprint density at radius 1 is 0.889 bits per heavy atom. The number of rotatable bonds is 3. The van der Waals surface area contributed by atoms with Crippen LogP contribution in [-0.2, 0) is 9.59 Å². The topological polar surface area (TPSA) is 40.6 Å². The first-order chi connectivity index (χ1) is 13.0. The van der Waals surface area contributed by atoms with Crippen molar-refractivity contribution in [2.45, 2.75) is 12.8 Å². The van der Waals surface area contributed by atoms with Crippen LogP contribution in [0.1, 0.15) is 18.4 Å². The number of halogens is 3. The lowest BCUT2D eigenvalue weighted by Gasteiger charge is -2.20. The molecular weight excluding hydrogens is 390 g/mol. The van der Waals surface area contributed by atoms with E-state index in [1.165, 1.54) is 30.3 Å². The van der Waals surface area contributed by atoms with Crippen molar-refractivity contribution in [3.8, 4) is 0 Å². The van der Waals surface area contributed by atoms with E-state index in [2.05, 4.69) is 0 Å². The lowest BCUT2D eigenvalue weighted by molar-refractivity contribution is -0.120. The third-order valence-electron chi connectivity index (χ3n) is 4.76. The SMILES string of the molecule is O=C1C(c2ccc(F)cc2)=C(N2CCCC2)C(=O)N1c1cc(Cl)ccc1Cl. The number of amides is 2. The van der Waals surface area contributed by atoms with Crippen molar-refractivity contribution >= 4 is 46.3 Å². The summed E-state index contributed by atoms with van der Waals surface area (Å²) in [5.74, 6) is -1.34. The average molecular weight is 405 g/mol. The average Bonchev–Trinajstić information content (AvgIpc) is 3.25. The predicted molar refractivity (Wildman–Crippen MR) is 103 cm³/mol. The zero-order valence-corrected chi connectivity index (χ0v) is 15.7. The van der Waals surface area contributed by atoms with Crippen LogP contribution in [0.15, 0.2) is 48.2 Å². The molecule has 0 bridgehead atoms. The lowest BCUT2D eigenvalue weighted by atomic mass is 10.0. The van der Waals surface area contributed by atoms with Gasteiger partial charge in [-0.05, 0) is 48.7 Å². The summed E-state index contributed by atoms with van der Waals surface area (Å²) in [6.07, 6.45) is 1.89. The van der Waals surface area contributed by atoms with Gasteiger partial charge >= 0.3 is 0 Å². The van der Waals surface area contributed by atoms with Crippen LogP contribution in [0, 0.1) is 5.82 Å². The number of hydrogen-bond acceptors (Lipinski definition) is 3. The molecule has 0 aliphatic carbocycles. The first-order valence-corrected chi connectivity index (χ1v) is 9.32. The minimum absolute atomic E-state index is 0.243. The summed E-state index contributed by atoms with van der Waals surface area (Å²) in [7, 11) is 0. The fraction of sp³-hybridized carbons (Fsp3) is 0.200. The van der Waals surface area contributed by atoms with Gasteiger partial charge in [-0.2, -0.15) is 0 Å². The van der Waals surface area contributed by atoms with Gasteiger partial charge in [-0.15, -0.1) is 0 Å². The van der Waals surface area contributed by atoms with Gasteiger partial charge in [-0.3, -0.25) is 9.59 Å². The third-order valence-corrected chi connectivity index (χ3v) is 5.32. The Labute approximate surface area is 165 Å². The van der Waals surface area contributed by atoms with Crippen LogP contribution in [0.3, 0.4) is 0 Å². The summed E-state index contributed by atoms with van der Waals surface area (Å²) in [4.78, 5) is 29.5. The summed E-state index contributed by atoms with van der Waals surface area (Å²) < 4.78 is 13.4. The summed E-state index contributed by atoms with van der Waals surface area (Å²) in [6.45, 7) is 1.38. The molecule has 2 heterocycles. The van der Waals surface area contributed by atoms with Crippen LogP contribution in [0.2, 0.25) is 10.0 Å². The van der Waals surface area contributed by atoms with E-state index in [4.69, 9.17) is 23.2 Å². The number of carbonyl (C=O) groups excluding carboxylic acids is 2. The van der Waals surface area contributed by atoms with Crippen LogP contribution < -0.4 is 4.90 Å². The van der Waals surface area contributed by atoms with Crippen molar-refractivity contribution < 1.29 is 14.0 Å². The quantitative estimate of drug-likeness (QED) is 0.706. The van der Waals surface area contributed by atoms with E-state index in [1.807, 2.05) is 4.90 Å². The van der Waals surface area contributed by atoms with Crippen molar-refractivity contribution in [1.82, 2.24) is 4.90 Å². The summed E-state index contributed by atoms with van der Waals surface area (Å²) in [6, 6.07) is 10.2. The number of carbonyl (C=O) groups is 2. The molecule has 0 N–H and O–H groups in total. The van der Waals surface area contributed by atoms with Gasteiger partial charge in [0.25, 0.3) is 11.8 Å². The smallest absolute Gasteiger partial charge is 0.282 e. The van der Waals surface area contributed by atoms with Gasteiger partial charge in [0, 0.05) is 18.1 Å². The zero-order valence-electron chi connectivity index (χ0n) is 14.2. The monoisotopic (exact) mass is 404 g/mol. The largest absolute Gasteiger partial charge is 0.366 e. The third kappa shape index (κ3) is 3.11. The first kappa shape index (κ1) is 18.0. The lowest BCUT2D eigenvalue weighted by Crippen LogP contribution is -2.34. The maximum absolute atomic E-state index is 13.4. The van der Waals surface area contributed by atoms with Crippen LogP contribution >= 0.6 is 23.2 Å². The Bertz CT molecular complexity index is 966. The van der Waals surface area contributed by atoms with Crippen LogP contribution in [0.4, 0.5) is 10.1 Å². The Morgan fingerprint density at radius 2 is 1.56 bits per heavy atom. The molecule has 2 aliphatic rings.